The average Bonchev–Trinajstić information content (AvgIpc) is 2.27. The van der Waals surface area contributed by atoms with E-state index in [1.807, 2.05) is 6.92 Å². The number of nitrogens with zero attached hydrogens (tertiary/aromatic N) is 1. The molecule has 0 amide bonds. The molecule has 0 unspecified atom stereocenters. The van der Waals surface area contributed by atoms with Gasteiger partial charge in [-0.2, -0.15) is 8.42 Å². The van der Waals surface area contributed by atoms with Gasteiger partial charge in [-0.1, -0.05) is 19.1 Å². The van der Waals surface area contributed by atoms with Gasteiger partial charge in [-0.05, 0) is 18.6 Å². The standard InChI is InChI=1S/C10H17N3O2S/c1-3-8-13(16(14,15)12-2)10-7-5-4-6-9(10)11/h4-7,12H,3,8,11H2,1-2H3. The van der Waals surface area contributed by atoms with Crippen LogP contribution in [0.15, 0.2) is 24.3 Å². The summed E-state index contributed by atoms with van der Waals surface area (Å²) in [5, 5.41) is 0. The second kappa shape index (κ2) is 5.18. The van der Waals surface area contributed by atoms with Crippen LogP contribution in [0.5, 0.6) is 0 Å². The van der Waals surface area contributed by atoms with Crippen molar-refractivity contribution in [3.8, 4) is 0 Å². The van der Waals surface area contributed by atoms with E-state index in [0.29, 0.717) is 17.9 Å². The first-order chi connectivity index (χ1) is 7.53. The summed E-state index contributed by atoms with van der Waals surface area (Å²) in [6, 6.07) is 6.91. The van der Waals surface area contributed by atoms with Gasteiger partial charge >= 0.3 is 10.2 Å². The lowest BCUT2D eigenvalue weighted by atomic mass is 10.2. The van der Waals surface area contributed by atoms with Crippen LogP contribution in [0.3, 0.4) is 0 Å². The van der Waals surface area contributed by atoms with E-state index in [2.05, 4.69) is 4.72 Å². The van der Waals surface area contributed by atoms with Gasteiger partial charge in [0.25, 0.3) is 0 Å². The Morgan fingerprint density at radius 1 is 1.38 bits per heavy atom. The fraction of sp³-hybridized carbons (Fsp3) is 0.400. The quantitative estimate of drug-likeness (QED) is 0.756. The Balaban J connectivity index is 3.18. The van der Waals surface area contributed by atoms with Gasteiger partial charge in [-0.25, -0.2) is 4.72 Å². The molecule has 0 aliphatic heterocycles. The first-order valence-electron chi connectivity index (χ1n) is 5.08. The molecule has 1 aromatic rings. The summed E-state index contributed by atoms with van der Waals surface area (Å²) in [6.07, 6.45) is 0.718. The van der Waals surface area contributed by atoms with Crippen LogP contribution < -0.4 is 14.8 Å². The molecular weight excluding hydrogens is 226 g/mol. The number of nitrogens with two attached hydrogens (primary N) is 1. The normalized spacial score (nSPS) is 11.4. The summed E-state index contributed by atoms with van der Waals surface area (Å²) >= 11 is 0. The van der Waals surface area contributed by atoms with Crippen molar-refractivity contribution in [3.05, 3.63) is 24.3 Å². The maximum Gasteiger partial charge on any atom is 0.301 e. The van der Waals surface area contributed by atoms with Gasteiger partial charge in [0.2, 0.25) is 0 Å². The summed E-state index contributed by atoms with van der Waals surface area (Å²) in [4.78, 5) is 0. The molecule has 90 valence electrons. The molecule has 0 spiro atoms. The van der Waals surface area contributed by atoms with Crippen molar-refractivity contribution in [2.24, 2.45) is 0 Å². The summed E-state index contributed by atoms with van der Waals surface area (Å²) in [5.74, 6) is 0. The second-order valence-electron chi connectivity index (χ2n) is 3.34. The minimum atomic E-state index is -3.49. The predicted molar refractivity (Wildman–Crippen MR) is 66.5 cm³/mol. The van der Waals surface area contributed by atoms with Gasteiger partial charge in [-0.15, -0.1) is 0 Å². The largest absolute Gasteiger partial charge is 0.397 e. The highest BCUT2D eigenvalue weighted by atomic mass is 32.2. The van der Waals surface area contributed by atoms with Crippen LogP contribution in [-0.4, -0.2) is 22.0 Å². The molecule has 0 saturated carbocycles. The SMILES string of the molecule is CCCN(c1ccccc1N)S(=O)(=O)NC. The number of para-hydroxylation sites is 2. The Morgan fingerprint density at radius 3 is 2.50 bits per heavy atom. The highest BCUT2D eigenvalue weighted by Crippen LogP contribution is 2.24. The number of benzene rings is 1. The Kier molecular flexibility index (Phi) is 4.14. The summed E-state index contributed by atoms with van der Waals surface area (Å²) < 4.78 is 27.2. The van der Waals surface area contributed by atoms with Gasteiger partial charge in [0.05, 0.1) is 11.4 Å². The van der Waals surface area contributed by atoms with Crippen LogP contribution >= 0.6 is 0 Å². The molecule has 1 rings (SSSR count). The van der Waals surface area contributed by atoms with E-state index in [-0.39, 0.29) is 0 Å². The van der Waals surface area contributed by atoms with Crippen molar-refractivity contribution < 1.29 is 8.42 Å². The van der Waals surface area contributed by atoms with Crippen molar-refractivity contribution >= 4 is 21.6 Å². The molecule has 0 heterocycles. The molecule has 0 aromatic heterocycles. The summed E-state index contributed by atoms with van der Waals surface area (Å²) in [5.41, 5.74) is 6.74. The van der Waals surface area contributed by atoms with E-state index in [0.717, 1.165) is 6.42 Å². The van der Waals surface area contributed by atoms with Crippen molar-refractivity contribution in [2.45, 2.75) is 13.3 Å². The molecule has 3 N–H and O–H groups in total. The van der Waals surface area contributed by atoms with Crippen LogP contribution in [-0.2, 0) is 10.2 Å². The second-order valence-corrected chi connectivity index (χ2v) is 5.14. The number of nitrogens with one attached hydrogen (secondary N) is 1. The Bertz CT molecular complexity index is 445. The Labute approximate surface area is 96.4 Å². The summed E-state index contributed by atoms with van der Waals surface area (Å²) in [7, 11) is -2.11. The average molecular weight is 243 g/mol. The van der Waals surface area contributed by atoms with E-state index in [1.165, 1.54) is 11.4 Å². The lowest BCUT2D eigenvalue weighted by Crippen LogP contribution is -2.39. The summed E-state index contributed by atoms with van der Waals surface area (Å²) in [6.45, 7) is 2.31. The molecule has 6 heteroatoms. The molecule has 0 bridgehead atoms. The minimum absolute atomic E-state index is 0.400. The third-order valence-corrected chi connectivity index (χ3v) is 3.66. The third-order valence-electron chi connectivity index (χ3n) is 2.18. The Hall–Kier alpha value is -1.27. The first kappa shape index (κ1) is 12.8. The molecule has 0 radical (unpaired) electrons. The molecule has 0 aliphatic carbocycles. The van der Waals surface area contributed by atoms with Crippen LogP contribution in [0.25, 0.3) is 0 Å². The van der Waals surface area contributed by atoms with Crippen molar-refractivity contribution in [1.29, 1.82) is 0 Å². The maximum atomic E-state index is 11.8. The van der Waals surface area contributed by atoms with Gasteiger partial charge in [0, 0.05) is 13.6 Å². The van der Waals surface area contributed by atoms with E-state index in [9.17, 15) is 8.42 Å². The van der Waals surface area contributed by atoms with Crippen LogP contribution in [0.1, 0.15) is 13.3 Å². The number of rotatable bonds is 5. The van der Waals surface area contributed by atoms with E-state index in [1.54, 1.807) is 24.3 Å². The zero-order chi connectivity index (χ0) is 12.2. The predicted octanol–water partition coefficient (Wildman–Crippen LogP) is 0.949. The monoisotopic (exact) mass is 243 g/mol. The number of hydrogen-bond donors (Lipinski definition) is 2. The van der Waals surface area contributed by atoms with Crippen molar-refractivity contribution in [3.63, 3.8) is 0 Å². The molecular formula is C10H17N3O2S. The minimum Gasteiger partial charge on any atom is -0.397 e. The molecule has 5 nitrogen and oxygen atoms in total. The zero-order valence-electron chi connectivity index (χ0n) is 9.47. The van der Waals surface area contributed by atoms with E-state index < -0.39 is 10.2 Å². The van der Waals surface area contributed by atoms with Crippen LogP contribution in [0.4, 0.5) is 11.4 Å². The van der Waals surface area contributed by atoms with Crippen molar-refractivity contribution in [1.82, 2.24) is 4.72 Å². The number of anilines is 2. The van der Waals surface area contributed by atoms with Crippen LogP contribution in [0.2, 0.25) is 0 Å². The number of hydrogen-bond acceptors (Lipinski definition) is 3. The zero-order valence-corrected chi connectivity index (χ0v) is 10.3. The third kappa shape index (κ3) is 2.65. The molecule has 0 fully saturated rings. The fourth-order valence-electron chi connectivity index (χ4n) is 1.40. The molecule has 1 aromatic carbocycles. The highest BCUT2D eigenvalue weighted by molar-refractivity contribution is 7.90. The maximum absolute atomic E-state index is 11.8. The Morgan fingerprint density at radius 2 is 2.00 bits per heavy atom. The lowest BCUT2D eigenvalue weighted by molar-refractivity contribution is 0.582. The highest BCUT2D eigenvalue weighted by Gasteiger charge is 2.21. The smallest absolute Gasteiger partial charge is 0.301 e. The molecule has 0 atom stereocenters. The van der Waals surface area contributed by atoms with Gasteiger partial charge < -0.3 is 5.73 Å². The molecule has 0 aliphatic rings. The van der Waals surface area contributed by atoms with Crippen LogP contribution in [0, 0.1) is 0 Å². The van der Waals surface area contributed by atoms with Crippen molar-refractivity contribution in [2.75, 3.05) is 23.6 Å². The molecule has 16 heavy (non-hydrogen) atoms. The first-order valence-corrected chi connectivity index (χ1v) is 6.52. The number of nitrogen functional groups attached to an aromatic ring is 1. The van der Waals surface area contributed by atoms with E-state index in [4.69, 9.17) is 5.73 Å². The molecule has 0 saturated heterocycles. The fourth-order valence-corrected chi connectivity index (χ4v) is 2.47. The van der Waals surface area contributed by atoms with Gasteiger partial charge in [0.15, 0.2) is 0 Å². The lowest BCUT2D eigenvalue weighted by Gasteiger charge is -2.24. The van der Waals surface area contributed by atoms with Gasteiger partial charge in [-0.3, -0.25) is 4.31 Å². The van der Waals surface area contributed by atoms with E-state index >= 15 is 0 Å². The van der Waals surface area contributed by atoms with Gasteiger partial charge in [0.1, 0.15) is 0 Å². The topological polar surface area (TPSA) is 75.4 Å².